The number of methoxy groups -OCH3 is 1. The zero-order valence-corrected chi connectivity index (χ0v) is 26.6. The van der Waals surface area contributed by atoms with Crippen LogP contribution >= 0.6 is 23.2 Å². The molecule has 5 rings (SSSR count). The molecule has 3 aromatic carbocycles. The van der Waals surface area contributed by atoms with Crippen LogP contribution in [-0.4, -0.2) is 24.2 Å². The van der Waals surface area contributed by atoms with E-state index in [4.69, 9.17) is 42.1 Å². The number of benzene rings is 3. The lowest BCUT2D eigenvalue weighted by Gasteiger charge is -2.35. The molecule has 234 valence electrons. The molecule has 0 saturated heterocycles. The van der Waals surface area contributed by atoms with Crippen LogP contribution in [0, 0.1) is 18.7 Å². The molecule has 44 heavy (non-hydrogen) atoms. The number of carbonyl (C=O) groups excluding carboxylic acids is 2. The molecule has 0 spiro atoms. The van der Waals surface area contributed by atoms with Crippen LogP contribution in [0.4, 0.5) is 4.39 Å². The molecular formula is C34H35Cl2FO7. The van der Waals surface area contributed by atoms with E-state index in [1.165, 1.54) is 25.3 Å². The SMILES string of the molecule is COc1c([C@@H](O)CC(C)C)ccc2c1C(=O)OCc1c(Cl)c(C)c(Cl)c(OC(=O)C3(c4cccc(F)c4)CCCCC3)c1O2. The highest BCUT2D eigenvalue weighted by Gasteiger charge is 2.44. The van der Waals surface area contributed by atoms with E-state index in [0.717, 1.165) is 19.3 Å². The average molecular weight is 646 g/mol. The number of carbonyl (C=O) groups is 2. The van der Waals surface area contributed by atoms with Crippen molar-refractivity contribution in [2.45, 2.75) is 77.4 Å². The summed E-state index contributed by atoms with van der Waals surface area (Å²) in [5.41, 5.74) is 0.477. The number of hydrogen-bond acceptors (Lipinski definition) is 7. The first-order valence-electron chi connectivity index (χ1n) is 14.7. The molecule has 0 bridgehead atoms. The molecule has 7 nitrogen and oxygen atoms in total. The summed E-state index contributed by atoms with van der Waals surface area (Å²) < 4.78 is 38.1. The molecule has 1 aliphatic carbocycles. The number of esters is 2. The Hall–Kier alpha value is -3.33. The number of rotatable bonds is 7. The molecule has 1 heterocycles. The Morgan fingerprint density at radius 1 is 1.09 bits per heavy atom. The average Bonchev–Trinajstić information content (AvgIpc) is 3.00. The smallest absolute Gasteiger partial charge is 0.346 e. The van der Waals surface area contributed by atoms with Crippen LogP contribution < -0.4 is 14.2 Å². The molecule has 3 aromatic rings. The molecule has 1 N–H and O–H groups in total. The van der Waals surface area contributed by atoms with E-state index in [9.17, 15) is 19.1 Å². The third-order valence-electron chi connectivity index (χ3n) is 8.44. The molecule has 0 amide bonds. The van der Waals surface area contributed by atoms with Gasteiger partial charge < -0.3 is 24.1 Å². The number of fused-ring (bicyclic) bond motifs is 2. The van der Waals surface area contributed by atoms with Gasteiger partial charge >= 0.3 is 11.9 Å². The van der Waals surface area contributed by atoms with Gasteiger partial charge in [0, 0.05) is 5.56 Å². The van der Waals surface area contributed by atoms with Gasteiger partial charge in [0.25, 0.3) is 0 Å². The van der Waals surface area contributed by atoms with E-state index >= 15 is 0 Å². The van der Waals surface area contributed by atoms with E-state index in [0.29, 0.717) is 36.0 Å². The first-order valence-corrected chi connectivity index (χ1v) is 15.5. The molecule has 1 aliphatic heterocycles. The van der Waals surface area contributed by atoms with Gasteiger partial charge in [-0.1, -0.05) is 68.4 Å². The van der Waals surface area contributed by atoms with Crippen LogP contribution in [0.3, 0.4) is 0 Å². The predicted octanol–water partition coefficient (Wildman–Crippen LogP) is 8.80. The fourth-order valence-corrected chi connectivity index (χ4v) is 6.64. The minimum atomic E-state index is -1.10. The first kappa shape index (κ1) is 32.1. The summed E-state index contributed by atoms with van der Waals surface area (Å²) in [5, 5.41) is 11.1. The topological polar surface area (TPSA) is 91.3 Å². The largest absolute Gasteiger partial charge is 0.495 e. The highest BCUT2D eigenvalue weighted by atomic mass is 35.5. The lowest BCUT2D eigenvalue weighted by Crippen LogP contribution is -2.41. The highest BCUT2D eigenvalue weighted by Crippen LogP contribution is 2.51. The maximum Gasteiger partial charge on any atom is 0.346 e. The molecule has 2 aliphatic rings. The fourth-order valence-electron chi connectivity index (χ4n) is 6.13. The van der Waals surface area contributed by atoms with Gasteiger partial charge in [0.2, 0.25) is 0 Å². The van der Waals surface area contributed by atoms with Crippen molar-refractivity contribution in [3.63, 3.8) is 0 Å². The van der Waals surface area contributed by atoms with Gasteiger partial charge in [-0.25, -0.2) is 9.18 Å². The van der Waals surface area contributed by atoms with Crippen molar-refractivity contribution in [3.8, 4) is 23.0 Å². The monoisotopic (exact) mass is 644 g/mol. The fraction of sp³-hybridized carbons (Fsp3) is 0.412. The van der Waals surface area contributed by atoms with Gasteiger partial charge in [0.15, 0.2) is 11.5 Å². The lowest BCUT2D eigenvalue weighted by atomic mass is 9.69. The Balaban J connectivity index is 1.63. The van der Waals surface area contributed by atoms with Crippen molar-refractivity contribution in [1.29, 1.82) is 0 Å². The van der Waals surface area contributed by atoms with Crippen molar-refractivity contribution >= 4 is 35.1 Å². The Morgan fingerprint density at radius 3 is 2.48 bits per heavy atom. The molecule has 0 unspecified atom stereocenters. The molecule has 1 fully saturated rings. The van der Waals surface area contributed by atoms with Crippen molar-refractivity contribution in [3.05, 3.63) is 80.1 Å². The second kappa shape index (κ2) is 13.0. The normalized spacial score (nSPS) is 16.5. The Labute approximate surface area is 266 Å². The summed E-state index contributed by atoms with van der Waals surface area (Å²) >= 11 is 13.5. The first-order chi connectivity index (χ1) is 21.0. The standard InChI is InChI=1S/C34H35Cl2FO7/c1-18(2)15-24(38)22-11-12-25-26(29(22)41-4)32(39)42-17-23-27(35)19(3)28(36)31(30(23)43-25)44-33(40)34(13-6-5-7-14-34)20-9-8-10-21(37)16-20/h8-12,16,18,24,38H,5-7,13-15,17H2,1-4H3/t24-/m0/s1. The molecule has 1 saturated carbocycles. The summed E-state index contributed by atoms with van der Waals surface area (Å²) in [5.74, 6) is -1.53. The van der Waals surface area contributed by atoms with E-state index in [1.54, 1.807) is 25.1 Å². The van der Waals surface area contributed by atoms with Crippen LogP contribution in [0.2, 0.25) is 10.0 Å². The van der Waals surface area contributed by atoms with Crippen LogP contribution in [0.1, 0.15) is 91.1 Å². The Bertz CT molecular complexity index is 1600. The summed E-state index contributed by atoms with van der Waals surface area (Å²) in [6, 6.07) is 9.16. The summed E-state index contributed by atoms with van der Waals surface area (Å²) in [6.45, 7) is 5.29. The van der Waals surface area contributed by atoms with E-state index in [2.05, 4.69) is 0 Å². The third-order valence-corrected chi connectivity index (χ3v) is 9.41. The number of ether oxygens (including phenoxy) is 4. The van der Waals surface area contributed by atoms with Gasteiger partial charge in [-0.05, 0) is 67.5 Å². The van der Waals surface area contributed by atoms with Crippen molar-refractivity contribution < 1.29 is 38.0 Å². The highest BCUT2D eigenvalue weighted by molar-refractivity contribution is 6.38. The minimum absolute atomic E-state index is 0.00966. The molecule has 1 atom stereocenters. The van der Waals surface area contributed by atoms with Crippen molar-refractivity contribution in [2.75, 3.05) is 7.11 Å². The second-order valence-electron chi connectivity index (χ2n) is 11.8. The van der Waals surface area contributed by atoms with Gasteiger partial charge in [0.1, 0.15) is 29.5 Å². The number of cyclic esters (lactones) is 1. The van der Waals surface area contributed by atoms with Crippen molar-refractivity contribution in [2.24, 2.45) is 5.92 Å². The quantitative estimate of drug-likeness (QED) is 0.203. The van der Waals surface area contributed by atoms with Gasteiger partial charge in [-0.3, -0.25) is 4.79 Å². The number of halogens is 3. The Morgan fingerprint density at radius 2 is 1.82 bits per heavy atom. The Kier molecular flexibility index (Phi) is 9.44. The zero-order valence-electron chi connectivity index (χ0n) is 25.1. The van der Waals surface area contributed by atoms with E-state index in [1.807, 2.05) is 13.8 Å². The van der Waals surface area contributed by atoms with Crippen LogP contribution in [-0.2, 0) is 21.6 Å². The summed E-state index contributed by atoms with van der Waals surface area (Å²) in [4.78, 5) is 27.5. The predicted molar refractivity (Wildman–Crippen MR) is 165 cm³/mol. The summed E-state index contributed by atoms with van der Waals surface area (Å²) in [7, 11) is 1.39. The number of hydrogen-bond donors (Lipinski definition) is 1. The van der Waals surface area contributed by atoms with Gasteiger partial charge in [0.05, 0.1) is 34.2 Å². The minimum Gasteiger partial charge on any atom is -0.495 e. The molecule has 10 heteroatoms. The van der Waals surface area contributed by atoms with Crippen LogP contribution in [0.25, 0.3) is 0 Å². The second-order valence-corrected chi connectivity index (χ2v) is 12.6. The van der Waals surface area contributed by atoms with E-state index < -0.39 is 29.3 Å². The van der Waals surface area contributed by atoms with E-state index in [-0.39, 0.29) is 56.7 Å². The van der Waals surface area contributed by atoms with Crippen LogP contribution in [0.15, 0.2) is 36.4 Å². The van der Waals surface area contributed by atoms with Crippen LogP contribution in [0.5, 0.6) is 23.0 Å². The zero-order chi connectivity index (χ0) is 31.8. The molecule has 0 aromatic heterocycles. The molecule has 0 radical (unpaired) electrons. The van der Waals surface area contributed by atoms with Crippen molar-refractivity contribution in [1.82, 2.24) is 0 Å². The third kappa shape index (κ3) is 5.87. The lowest BCUT2D eigenvalue weighted by molar-refractivity contribution is -0.142. The maximum absolute atomic E-state index is 14.4. The maximum atomic E-state index is 14.4. The number of aliphatic hydroxyl groups is 1. The molecular weight excluding hydrogens is 610 g/mol. The number of aliphatic hydroxyl groups excluding tert-OH is 1. The van der Waals surface area contributed by atoms with Gasteiger partial charge in [-0.15, -0.1) is 0 Å². The summed E-state index contributed by atoms with van der Waals surface area (Å²) in [6.07, 6.45) is 2.96. The van der Waals surface area contributed by atoms with Gasteiger partial charge in [-0.2, -0.15) is 0 Å².